The predicted octanol–water partition coefficient (Wildman–Crippen LogP) is 2.50. The van der Waals surface area contributed by atoms with E-state index in [1.54, 1.807) is 19.2 Å². The van der Waals surface area contributed by atoms with Crippen LogP contribution in [0.4, 0.5) is 11.5 Å². The lowest BCUT2D eigenvalue weighted by atomic mass is 9.93. The molecule has 0 fully saturated rings. The van der Waals surface area contributed by atoms with E-state index in [1.807, 2.05) is 11.8 Å². The lowest BCUT2D eigenvalue weighted by molar-refractivity contribution is -0.384. The van der Waals surface area contributed by atoms with Crippen LogP contribution in [0.5, 0.6) is 0 Å². The van der Waals surface area contributed by atoms with Crippen molar-refractivity contribution < 1.29 is 4.92 Å². The van der Waals surface area contributed by atoms with E-state index < -0.39 is 0 Å². The average molecular weight is 280 g/mol. The zero-order valence-corrected chi connectivity index (χ0v) is 12.7. The van der Waals surface area contributed by atoms with Gasteiger partial charge in [0.05, 0.1) is 4.92 Å². The van der Waals surface area contributed by atoms with Crippen molar-refractivity contribution in [3.63, 3.8) is 0 Å². The first-order chi connectivity index (χ1) is 9.30. The second-order valence-electron chi connectivity index (χ2n) is 5.90. The zero-order valence-electron chi connectivity index (χ0n) is 12.7. The maximum atomic E-state index is 11.2. The van der Waals surface area contributed by atoms with Crippen LogP contribution in [0, 0.1) is 22.5 Å². The van der Waals surface area contributed by atoms with E-state index in [0.29, 0.717) is 18.9 Å². The van der Waals surface area contributed by atoms with E-state index in [4.69, 9.17) is 5.73 Å². The van der Waals surface area contributed by atoms with E-state index in [9.17, 15) is 10.1 Å². The summed E-state index contributed by atoms with van der Waals surface area (Å²) in [7, 11) is 0. The standard InChI is InChI=1S/C14H24N4O2/c1-5-6-17(10-14(3,4)9-15)13-12(18(19)20)7-11(2)8-16-13/h7-8H,5-6,9-10,15H2,1-4H3. The van der Waals surface area contributed by atoms with E-state index in [0.717, 1.165) is 18.5 Å². The Hall–Kier alpha value is -1.69. The molecule has 0 aliphatic rings. The van der Waals surface area contributed by atoms with Crippen molar-refractivity contribution in [1.82, 2.24) is 4.98 Å². The molecule has 2 N–H and O–H groups in total. The van der Waals surface area contributed by atoms with Crippen LogP contribution in [0.2, 0.25) is 0 Å². The van der Waals surface area contributed by atoms with Crippen molar-refractivity contribution in [2.45, 2.75) is 34.1 Å². The molecular weight excluding hydrogens is 256 g/mol. The Kier molecular flexibility index (Phi) is 5.44. The van der Waals surface area contributed by atoms with Gasteiger partial charge in [-0.3, -0.25) is 10.1 Å². The minimum absolute atomic E-state index is 0.0614. The van der Waals surface area contributed by atoms with Crippen LogP contribution in [0.1, 0.15) is 32.8 Å². The average Bonchev–Trinajstić information content (AvgIpc) is 2.38. The smallest absolute Gasteiger partial charge is 0.311 e. The monoisotopic (exact) mass is 280 g/mol. The molecule has 0 aliphatic heterocycles. The fourth-order valence-corrected chi connectivity index (χ4v) is 2.04. The van der Waals surface area contributed by atoms with Crippen molar-refractivity contribution in [1.29, 1.82) is 0 Å². The third-order valence-corrected chi connectivity index (χ3v) is 3.15. The van der Waals surface area contributed by atoms with Crippen molar-refractivity contribution in [2.75, 3.05) is 24.5 Å². The second-order valence-corrected chi connectivity index (χ2v) is 5.90. The molecule has 1 rings (SSSR count). The fraction of sp³-hybridized carbons (Fsp3) is 0.643. The van der Waals surface area contributed by atoms with Crippen molar-refractivity contribution >= 4 is 11.5 Å². The Morgan fingerprint density at radius 3 is 2.65 bits per heavy atom. The Labute approximate surface area is 120 Å². The summed E-state index contributed by atoms with van der Waals surface area (Å²) >= 11 is 0. The largest absolute Gasteiger partial charge is 0.350 e. The number of aryl methyl sites for hydroxylation is 1. The molecule has 0 amide bonds. The van der Waals surface area contributed by atoms with Gasteiger partial charge in [-0.15, -0.1) is 0 Å². The van der Waals surface area contributed by atoms with E-state index in [-0.39, 0.29) is 16.0 Å². The second kappa shape index (κ2) is 6.65. The fourth-order valence-electron chi connectivity index (χ4n) is 2.04. The van der Waals surface area contributed by atoms with Crippen molar-refractivity contribution in [2.24, 2.45) is 11.1 Å². The molecule has 0 radical (unpaired) electrons. The lowest BCUT2D eigenvalue weighted by Crippen LogP contribution is -2.40. The van der Waals surface area contributed by atoms with Gasteiger partial charge in [0.15, 0.2) is 0 Å². The number of hydrogen-bond donors (Lipinski definition) is 1. The molecule has 0 atom stereocenters. The van der Waals surface area contributed by atoms with Crippen LogP contribution in [-0.4, -0.2) is 29.5 Å². The summed E-state index contributed by atoms with van der Waals surface area (Å²) in [5.41, 5.74) is 6.50. The minimum Gasteiger partial charge on any atom is -0.350 e. The molecule has 0 spiro atoms. The summed E-state index contributed by atoms with van der Waals surface area (Å²) in [5.74, 6) is 0.434. The summed E-state index contributed by atoms with van der Waals surface area (Å²) < 4.78 is 0. The molecule has 1 aromatic heterocycles. The zero-order chi connectivity index (χ0) is 15.3. The Morgan fingerprint density at radius 2 is 2.15 bits per heavy atom. The highest BCUT2D eigenvalue weighted by molar-refractivity contribution is 5.58. The van der Waals surface area contributed by atoms with Crippen molar-refractivity contribution in [3.05, 3.63) is 27.9 Å². The number of nitrogens with two attached hydrogens (primary N) is 1. The van der Waals surface area contributed by atoms with E-state index >= 15 is 0 Å². The normalized spacial score (nSPS) is 11.4. The number of anilines is 1. The predicted molar refractivity (Wildman–Crippen MR) is 81.0 cm³/mol. The molecule has 6 heteroatoms. The van der Waals surface area contributed by atoms with Gasteiger partial charge in [-0.2, -0.15) is 0 Å². The van der Waals surface area contributed by atoms with Gasteiger partial charge in [-0.25, -0.2) is 4.98 Å². The molecule has 0 aliphatic carbocycles. The van der Waals surface area contributed by atoms with Gasteiger partial charge in [0.25, 0.3) is 0 Å². The van der Waals surface area contributed by atoms with Crippen molar-refractivity contribution in [3.8, 4) is 0 Å². The molecular formula is C14H24N4O2. The van der Waals surface area contributed by atoms with Crippen LogP contribution >= 0.6 is 0 Å². The molecule has 1 heterocycles. The number of aromatic nitrogens is 1. The summed E-state index contributed by atoms with van der Waals surface area (Å²) in [6, 6.07) is 1.57. The number of pyridine rings is 1. The molecule has 112 valence electrons. The van der Waals surface area contributed by atoms with Gasteiger partial charge in [-0.1, -0.05) is 20.8 Å². The summed E-state index contributed by atoms with van der Waals surface area (Å²) in [6.45, 7) is 9.84. The van der Waals surface area contributed by atoms with Crippen LogP contribution in [0.15, 0.2) is 12.3 Å². The van der Waals surface area contributed by atoms with E-state index in [1.165, 1.54) is 0 Å². The summed E-state index contributed by atoms with van der Waals surface area (Å²) in [4.78, 5) is 17.1. The van der Waals surface area contributed by atoms with Gasteiger partial charge in [0.2, 0.25) is 5.82 Å². The maximum Gasteiger partial charge on any atom is 0.311 e. The highest BCUT2D eigenvalue weighted by Crippen LogP contribution is 2.29. The third kappa shape index (κ3) is 4.16. The molecule has 6 nitrogen and oxygen atoms in total. The molecule has 0 bridgehead atoms. The van der Waals surface area contributed by atoms with Crippen LogP contribution in [-0.2, 0) is 0 Å². The molecule has 0 unspecified atom stereocenters. The molecule has 0 saturated carbocycles. The Balaban J connectivity index is 3.17. The molecule has 1 aromatic rings. The quantitative estimate of drug-likeness (QED) is 0.612. The van der Waals surface area contributed by atoms with Crippen LogP contribution in [0.3, 0.4) is 0 Å². The highest BCUT2D eigenvalue weighted by atomic mass is 16.6. The minimum atomic E-state index is -0.368. The first-order valence-electron chi connectivity index (χ1n) is 6.87. The Bertz CT molecular complexity index is 474. The first-order valence-corrected chi connectivity index (χ1v) is 6.87. The van der Waals surface area contributed by atoms with Crippen LogP contribution in [0.25, 0.3) is 0 Å². The summed E-state index contributed by atoms with van der Waals surface area (Å²) in [5, 5.41) is 11.2. The van der Waals surface area contributed by atoms with Gasteiger partial charge < -0.3 is 10.6 Å². The lowest BCUT2D eigenvalue weighted by Gasteiger charge is -2.32. The molecule has 0 saturated heterocycles. The first kappa shape index (κ1) is 16.4. The number of nitrogens with zero attached hydrogens (tertiary/aromatic N) is 3. The number of rotatable bonds is 7. The maximum absolute atomic E-state index is 11.2. The topological polar surface area (TPSA) is 85.3 Å². The molecule has 20 heavy (non-hydrogen) atoms. The summed E-state index contributed by atoms with van der Waals surface area (Å²) in [6.07, 6.45) is 2.56. The van der Waals surface area contributed by atoms with Crippen LogP contribution < -0.4 is 10.6 Å². The molecule has 0 aromatic carbocycles. The highest BCUT2D eigenvalue weighted by Gasteiger charge is 2.26. The number of hydrogen-bond acceptors (Lipinski definition) is 5. The van der Waals surface area contributed by atoms with E-state index in [2.05, 4.69) is 18.8 Å². The van der Waals surface area contributed by atoms with Gasteiger partial charge in [-0.05, 0) is 30.9 Å². The van der Waals surface area contributed by atoms with Gasteiger partial charge in [0.1, 0.15) is 0 Å². The number of nitro groups is 1. The van der Waals surface area contributed by atoms with Gasteiger partial charge in [0, 0.05) is 25.4 Å². The van der Waals surface area contributed by atoms with Gasteiger partial charge >= 0.3 is 5.69 Å². The Morgan fingerprint density at radius 1 is 1.50 bits per heavy atom. The third-order valence-electron chi connectivity index (χ3n) is 3.15. The SMILES string of the molecule is CCCN(CC(C)(C)CN)c1ncc(C)cc1[N+](=O)[O-].